The van der Waals surface area contributed by atoms with Crippen molar-refractivity contribution in [2.75, 3.05) is 19.7 Å². The van der Waals surface area contributed by atoms with Gasteiger partial charge in [0.15, 0.2) is 0 Å². The van der Waals surface area contributed by atoms with E-state index in [1.165, 1.54) is 12.1 Å². The Bertz CT molecular complexity index is 752. The maximum atomic E-state index is 12.7. The van der Waals surface area contributed by atoms with Gasteiger partial charge in [0, 0.05) is 19.2 Å². The minimum Gasteiger partial charge on any atom is -0.466 e. The highest BCUT2D eigenvalue weighted by molar-refractivity contribution is 7.89. The number of benzene rings is 1. The largest absolute Gasteiger partial charge is 0.466 e. The minimum atomic E-state index is -3.95. The molecule has 1 fully saturated rings. The van der Waals surface area contributed by atoms with Crippen LogP contribution in [-0.4, -0.2) is 43.3 Å². The second-order valence-corrected chi connectivity index (χ2v) is 7.67. The number of carbonyl (C=O) groups excluding carboxylic acids is 1. The summed E-state index contributed by atoms with van der Waals surface area (Å²) in [7, 11) is -3.95. The fourth-order valence-corrected chi connectivity index (χ4v) is 4.29. The number of piperidine rings is 1. The molecule has 0 N–H and O–H groups in total. The van der Waals surface area contributed by atoms with Crippen molar-refractivity contribution in [1.82, 2.24) is 4.31 Å². The summed E-state index contributed by atoms with van der Waals surface area (Å²) in [5.41, 5.74) is -0.475. The normalized spacial score (nSPS) is 19.0. The number of hydrogen-bond donors (Lipinski definition) is 0. The molecule has 2 rings (SSSR count). The smallest absolute Gasteiger partial charge is 0.310 e. The van der Waals surface area contributed by atoms with Crippen molar-refractivity contribution in [3.63, 3.8) is 0 Å². The monoisotopic (exact) mass is 376 g/mol. The van der Waals surface area contributed by atoms with Gasteiger partial charge >= 0.3 is 5.97 Å². The van der Waals surface area contributed by atoms with Crippen LogP contribution < -0.4 is 0 Å². The number of esters is 1. The third kappa shape index (κ3) is 3.85. The Morgan fingerprint density at radius 1 is 1.50 bits per heavy atom. The molecule has 0 aromatic heterocycles. The van der Waals surface area contributed by atoms with E-state index in [2.05, 4.69) is 0 Å². The van der Waals surface area contributed by atoms with E-state index in [1.54, 1.807) is 6.92 Å². The SMILES string of the molecule is CCOC(=O)[C@@H]1CCCN(S(=O)(=O)c2ccc(Cl)c([N+](=O)[O-])c2)C1. The number of hydrogen-bond acceptors (Lipinski definition) is 6. The van der Waals surface area contributed by atoms with Crippen molar-refractivity contribution in [3.05, 3.63) is 33.3 Å². The molecule has 1 aliphatic rings. The van der Waals surface area contributed by atoms with Crippen LogP contribution in [0.1, 0.15) is 19.8 Å². The molecule has 24 heavy (non-hydrogen) atoms. The van der Waals surface area contributed by atoms with Crippen LogP contribution in [0.25, 0.3) is 0 Å². The zero-order chi connectivity index (χ0) is 17.9. The van der Waals surface area contributed by atoms with E-state index >= 15 is 0 Å². The van der Waals surface area contributed by atoms with E-state index in [4.69, 9.17) is 16.3 Å². The Balaban J connectivity index is 2.28. The van der Waals surface area contributed by atoms with E-state index < -0.39 is 32.5 Å². The maximum absolute atomic E-state index is 12.7. The molecule has 0 saturated carbocycles. The Labute approximate surface area is 144 Å². The molecule has 1 saturated heterocycles. The lowest BCUT2D eigenvalue weighted by Crippen LogP contribution is -2.42. The minimum absolute atomic E-state index is 0.00239. The van der Waals surface area contributed by atoms with E-state index in [9.17, 15) is 23.3 Å². The lowest BCUT2D eigenvalue weighted by molar-refractivity contribution is -0.384. The van der Waals surface area contributed by atoms with Gasteiger partial charge in [-0.15, -0.1) is 0 Å². The summed E-state index contributed by atoms with van der Waals surface area (Å²) in [5.74, 6) is -0.963. The summed E-state index contributed by atoms with van der Waals surface area (Å²) in [4.78, 5) is 21.8. The fourth-order valence-electron chi connectivity index (χ4n) is 2.56. The van der Waals surface area contributed by atoms with E-state index in [1.807, 2.05) is 0 Å². The summed E-state index contributed by atoms with van der Waals surface area (Å²) in [6.07, 6.45) is 1.06. The zero-order valence-corrected chi connectivity index (χ0v) is 14.5. The number of carbonyl (C=O) groups is 1. The Morgan fingerprint density at radius 3 is 2.83 bits per heavy atom. The van der Waals surface area contributed by atoms with Crippen LogP contribution in [0.3, 0.4) is 0 Å². The Kier molecular flexibility index (Phi) is 5.79. The Hall–Kier alpha value is -1.71. The Morgan fingerprint density at radius 2 is 2.21 bits per heavy atom. The molecule has 132 valence electrons. The van der Waals surface area contributed by atoms with E-state index in [0.717, 1.165) is 10.4 Å². The summed E-state index contributed by atoms with van der Waals surface area (Å²) in [6.45, 7) is 2.15. The molecular formula is C14H17ClN2O6S. The first kappa shape index (κ1) is 18.6. The van der Waals surface area contributed by atoms with Gasteiger partial charge in [-0.25, -0.2) is 8.42 Å². The van der Waals surface area contributed by atoms with Gasteiger partial charge < -0.3 is 4.74 Å². The van der Waals surface area contributed by atoms with Crippen molar-refractivity contribution in [2.45, 2.75) is 24.7 Å². The summed E-state index contributed by atoms with van der Waals surface area (Å²) in [5, 5.41) is 10.8. The second kappa shape index (κ2) is 7.45. The molecule has 1 aromatic rings. The van der Waals surface area contributed by atoms with Gasteiger partial charge in [-0.3, -0.25) is 14.9 Å². The first-order valence-electron chi connectivity index (χ1n) is 7.38. The van der Waals surface area contributed by atoms with Gasteiger partial charge in [0.1, 0.15) is 5.02 Å². The molecule has 1 aliphatic heterocycles. The van der Waals surface area contributed by atoms with Crippen LogP contribution >= 0.6 is 11.6 Å². The predicted molar refractivity (Wildman–Crippen MR) is 86.2 cm³/mol. The number of ether oxygens (including phenoxy) is 1. The van der Waals surface area contributed by atoms with Gasteiger partial charge in [0.05, 0.1) is 22.3 Å². The van der Waals surface area contributed by atoms with E-state index in [0.29, 0.717) is 12.8 Å². The molecule has 0 spiro atoms. The molecule has 0 radical (unpaired) electrons. The van der Waals surface area contributed by atoms with Gasteiger partial charge in [-0.05, 0) is 31.9 Å². The lowest BCUT2D eigenvalue weighted by atomic mass is 10.0. The topological polar surface area (TPSA) is 107 Å². The molecular weight excluding hydrogens is 360 g/mol. The molecule has 0 unspecified atom stereocenters. The number of nitro groups is 1. The highest BCUT2D eigenvalue weighted by atomic mass is 35.5. The summed E-state index contributed by atoms with van der Waals surface area (Å²) in [6, 6.07) is 3.34. The predicted octanol–water partition coefficient (Wildman–Crippen LogP) is 2.21. The van der Waals surface area contributed by atoms with Crippen molar-refractivity contribution in [2.24, 2.45) is 5.92 Å². The maximum Gasteiger partial charge on any atom is 0.310 e. The molecule has 1 aromatic carbocycles. The number of rotatable bonds is 5. The van der Waals surface area contributed by atoms with Crippen LogP contribution in [0, 0.1) is 16.0 Å². The fraction of sp³-hybridized carbons (Fsp3) is 0.500. The second-order valence-electron chi connectivity index (χ2n) is 5.32. The number of nitro benzene ring substituents is 1. The summed E-state index contributed by atoms with van der Waals surface area (Å²) >= 11 is 5.72. The highest BCUT2D eigenvalue weighted by Gasteiger charge is 2.34. The van der Waals surface area contributed by atoms with Crippen molar-refractivity contribution < 1.29 is 22.9 Å². The highest BCUT2D eigenvalue weighted by Crippen LogP contribution is 2.30. The zero-order valence-electron chi connectivity index (χ0n) is 13.0. The molecule has 0 aliphatic carbocycles. The van der Waals surface area contributed by atoms with Crippen molar-refractivity contribution in [1.29, 1.82) is 0 Å². The third-order valence-electron chi connectivity index (χ3n) is 3.76. The van der Waals surface area contributed by atoms with Gasteiger partial charge in [-0.2, -0.15) is 4.31 Å². The molecule has 8 nitrogen and oxygen atoms in total. The first-order chi connectivity index (χ1) is 11.3. The average Bonchev–Trinajstić information content (AvgIpc) is 2.55. The number of nitrogens with zero attached hydrogens (tertiary/aromatic N) is 2. The lowest BCUT2D eigenvalue weighted by Gasteiger charge is -2.30. The molecule has 0 bridgehead atoms. The number of sulfonamides is 1. The summed E-state index contributed by atoms with van der Waals surface area (Å²) < 4.78 is 31.5. The average molecular weight is 377 g/mol. The molecule has 1 atom stereocenters. The molecule has 10 heteroatoms. The van der Waals surface area contributed by atoms with Crippen LogP contribution in [0.5, 0.6) is 0 Å². The number of halogens is 1. The van der Waals surface area contributed by atoms with Gasteiger partial charge in [0.25, 0.3) is 5.69 Å². The first-order valence-corrected chi connectivity index (χ1v) is 9.20. The quantitative estimate of drug-likeness (QED) is 0.443. The molecule has 1 heterocycles. The van der Waals surface area contributed by atoms with Crippen LogP contribution in [0.2, 0.25) is 5.02 Å². The van der Waals surface area contributed by atoms with Crippen molar-refractivity contribution in [3.8, 4) is 0 Å². The van der Waals surface area contributed by atoms with Gasteiger partial charge in [0.2, 0.25) is 10.0 Å². The molecule has 0 amide bonds. The van der Waals surface area contributed by atoms with Gasteiger partial charge in [-0.1, -0.05) is 11.6 Å². The van der Waals surface area contributed by atoms with Crippen LogP contribution in [-0.2, 0) is 19.6 Å². The van der Waals surface area contributed by atoms with Crippen LogP contribution in [0.4, 0.5) is 5.69 Å². The van der Waals surface area contributed by atoms with Crippen LogP contribution in [0.15, 0.2) is 23.1 Å². The van der Waals surface area contributed by atoms with E-state index in [-0.39, 0.29) is 29.6 Å². The third-order valence-corrected chi connectivity index (χ3v) is 5.94. The standard InChI is InChI=1S/C14H17ClN2O6S/c1-2-23-14(18)10-4-3-7-16(9-10)24(21,22)11-5-6-12(15)13(8-11)17(19)20/h5-6,8,10H,2-4,7,9H2,1H3/t10-/m1/s1. The van der Waals surface area contributed by atoms with Crippen molar-refractivity contribution >= 4 is 33.3 Å².